The van der Waals surface area contributed by atoms with Gasteiger partial charge >= 0.3 is 0 Å². The molecule has 1 aliphatic rings. The number of carbonyl (C=O) groups excluding carboxylic acids is 1. The molecule has 7 nitrogen and oxygen atoms in total. The van der Waals surface area contributed by atoms with Crippen molar-refractivity contribution in [2.75, 3.05) is 25.4 Å². The molecule has 1 amide bonds. The molecule has 0 aliphatic carbocycles. The summed E-state index contributed by atoms with van der Waals surface area (Å²) in [5.74, 6) is 0.377. The van der Waals surface area contributed by atoms with Crippen LogP contribution in [0.5, 0.6) is 0 Å². The molecule has 2 aromatic rings. The molecule has 0 saturated carbocycles. The lowest BCUT2D eigenvalue weighted by atomic mass is 10.1. The lowest BCUT2D eigenvalue weighted by molar-refractivity contribution is -0.903. The predicted molar refractivity (Wildman–Crippen MR) is 102 cm³/mol. The highest BCUT2D eigenvalue weighted by atomic mass is 32.2. The molecule has 2 N–H and O–H groups in total. The summed E-state index contributed by atoms with van der Waals surface area (Å²) < 4.78 is 1.71. The number of thioether (sulfide) groups is 1. The molecule has 8 heteroatoms. The fourth-order valence-corrected chi connectivity index (χ4v) is 3.99. The van der Waals surface area contributed by atoms with Crippen LogP contribution in [0.4, 0.5) is 0 Å². The summed E-state index contributed by atoms with van der Waals surface area (Å²) >= 11 is 1.37. The monoisotopic (exact) mass is 375 g/mol. The van der Waals surface area contributed by atoms with Crippen molar-refractivity contribution >= 4 is 17.7 Å². The fraction of sp³-hybridized carbons (Fsp3) is 0.556. The number of aryl methyl sites for hydroxylation is 2. The van der Waals surface area contributed by atoms with Crippen LogP contribution in [0, 0.1) is 13.8 Å². The molecule has 1 fully saturated rings. The molecule has 0 radical (unpaired) electrons. The van der Waals surface area contributed by atoms with Crippen molar-refractivity contribution in [3.63, 3.8) is 0 Å². The van der Waals surface area contributed by atoms with Crippen molar-refractivity contribution in [3.05, 3.63) is 29.3 Å². The first-order chi connectivity index (χ1) is 12.6. The van der Waals surface area contributed by atoms with E-state index >= 15 is 0 Å². The molecule has 1 aromatic carbocycles. The average molecular weight is 376 g/mol. The molecule has 0 atom stereocenters. The summed E-state index contributed by atoms with van der Waals surface area (Å²) in [4.78, 5) is 13.9. The zero-order chi connectivity index (χ0) is 18.5. The van der Waals surface area contributed by atoms with Crippen molar-refractivity contribution in [2.45, 2.75) is 44.8 Å². The summed E-state index contributed by atoms with van der Waals surface area (Å²) in [6.45, 7) is 9.73. The van der Waals surface area contributed by atoms with Gasteiger partial charge in [-0.2, -0.15) is 4.68 Å². The van der Waals surface area contributed by atoms with Crippen LogP contribution in [0.15, 0.2) is 23.4 Å². The molecule has 0 bridgehead atoms. The number of tetrazole rings is 1. The highest BCUT2D eigenvalue weighted by Gasteiger charge is 2.22. The minimum absolute atomic E-state index is 0.0514. The van der Waals surface area contributed by atoms with Gasteiger partial charge in [0.15, 0.2) is 0 Å². The van der Waals surface area contributed by atoms with Crippen molar-refractivity contribution in [2.24, 2.45) is 0 Å². The summed E-state index contributed by atoms with van der Waals surface area (Å²) in [6, 6.07) is 6.47. The number of nitrogens with one attached hydrogen (secondary N) is 2. The molecule has 2 heterocycles. The molecular formula is C18H27N6OS+. The van der Waals surface area contributed by atoms with Gasteiger partial charge in [0.05, 0.1) is 31.1 Å². The second-order valence-corrected chi connectivity index (χ2v) is 7.84. The van der Waals surface area contributed by atoms with Gasteiger partial charge in [0.1, 0.15) is 0 Å². The normalized spacial score (nSPS) is 20.1. The number of carbonyl (C=O) groups is 1. The second-order valence-electron chi connectivity index (χ2n) is 6.90. The maximum Gasteiger partial charge on any atom is 0.230 e. The second kappa shape index (κ2) is 8.64. The van der Waals surface area contributed by atoms with E-state index in [1.807, 2.05) is 13.8 Å². The van der Waals surface area contributed by atoms with E-state index in [0.717, 1.165) is 49.3 Å². The quantitative estimate of drug-likeness (QED) is 0.722. The van der Waals surface area contributed by atoms with Gasteiger partial charge in [-0.05, 0) is 48.4 Å². The van der Waals surface area contributed by atoms with Gasteiger partial charge in [0.2, 0.25) is 11.1 Å². The van der Waals surface area contributed by atoms with Gasteiger partial charge in [0.25, 0.3) is 0 Å². The number of likely N-dealkylation sites (tertiary alicyclic amines) is 1. The third-order valence-corrected chi connectivity index (χ3v) is 5.84. The molecule has 1 saturated heterocycles. The summed E-state index contributed by atoms with van der Waals surface area (Å²) in [5.41, 5.74) is 3.20. The third-order valence-electron chi connectivity index (χ3n) is 4.92. The van der Waals surface area contributed by atoms with Crippen LogP contribution < -0.4 is 10.2 Å². The van der Waals surface area contributed by atoms with E-state index in [-0.39, 0.29) is 5.91 Å². The van der Waals surface area contributed by atoms with Crippen LogP contribution in [0.2, 0.25) is 0 Å². The molecule has 3 rings (SSSR count). The zero-order valence-electron chi connectivity index (χ0n) is 15.7. The lowest BCUT2D eigenvalue weighted by Crippen LogP contribution is -3.13. The molecule has 0 spiro atoms. The first kappa shape index (κ1) is 18.8. The van der Waals surface area contributed by atoms with Crippen LogP contribution >= 0.6 is 11.8 Å². The molecule has 140 valence electrons. The van der Waals surface area contributed by atoms with E-state index in [1.165, 1.54) is 11.8 Å². The van der Waals surface area contributed by atoms with Gasteiger partial charge in [0, 0.05) is 18.9 Å². The van der Waals surface area contributed by atoms with Gasteiger partial charge in [-0.3, -0.25) is 4.79 Å². The van der Waals surface area contributed by atoms with E-state index < -0.39 is 0 Å². The minimum atomic E-state index is 0.0514. The Labute approximate surface area is 158 Å². The van der Waals surface area contributed by atoms with Crippen LogP contribution in [0.1, 0.15) is 30.9 Å². The van der Waals surface area contributed by atoms with E-state index in [0.29, 0.717) is 17.0 Å². The summed E-state index contributed by atoms with van der Waals surface area (Å²) in [5, 5.41) is 15.8. The number of hydrogen-bond acceptors (Lipinski definition) is 5. The number of rotatable bonds is 6. The number of piperidine rings is 1. The molecular weight excluding hydrogens is 348 g/mol. The van der Waals surface area contributed by atoms with Gasteiger partial charge < -0.3 is 10.2 Å². The van der Waals surface area contributed by atoms with E-state index in [1.54, 1.807) is 9.58 Å². The van der Waals surface area contributed by atoms with Crippen molar-refractivity contribution in [1.82, 2.24) is 25.5 Å². The Balaban J connectivity index is 1.57. The number of quaternary nitrogens is 1. The molecule has 26 heavy (non-hydrogen) atoms. The SMILES string of the molecule is CC[NH+]1CCC(NC(=O)CSc2nnnn2-c2cc(C)ccc2C)CC1. The van der Waals surface area contributed by atoms with Crippen LogP contribution in [-0.2, 0) is 4.79 Å². The zero-order valence-corrected chi connectivity index (χ0v) is 16.5. The van der Waals surface area contributed by atoms with Gasteiger partial charge in [-0.1, -0.05) is 23.9 Å². The van der Waals surface area contributed by atoms with Crippen molar-refractivity contribution < 1.29 is 9.69 Å². The fourth-order valence-electron chi connectivity index (χ4n) is 3.29. The number of amides is 1. The summed E-state index contributed by atoms with van der Waals surface area (Å²) in [7, 11) is 0. The largest absolute Gasteiger partial charge is 0.352 e. The van der Waals surface area contributed by atoms with E-state index in [2.05, 4.69) is 46.0 Å². The minimum Gasteiger partial charge on any atom is -0.352 e. The first-order valence-electron chi connectivity index (χ1n) is 9.18. The van der Waals surface area contributed by atoms with Gasteiger partial charge in [-0.25, -0.2) is 0 Å². The predicted octanol–water partition coefficient (Wildman–Crippen LogP) is 0.555. The maximum atomic E-state index is 12.3. The Morgan fingerprint density at radius 2 is 2.12 bits per heavy atom. The van der Waals surface area contributed by atoms with Crippen molar-refractivity contribution in [3.8, 4) is 5.69 Å². The van der Waals surface area contributed by atoms with Crippen molar-refractivity contribution in [1.29, 1.82) is 0 Å². The van der Waals surface area contributed by atoms with E-state index in [4.69, 9.17) is 0 Å². The topological polar surface area (TPSA) is 77.1 Å². The standard InChI is InChI=1S/C18H26N6OS/c1-4-23-9-7-15(8-10-23)19-17(25)12-26-18-20-21-22-24(18)16-11-13(2)5-6-14(16)3/h5-6,11,15H,4,7-10,12H2,1-3H3,(H,19,25)/p+1. The highest BCUT2D eigenvalue weighted by molar-refractivity contribution is 7.99. The van der Waals surface area contributed by atoms with Crippen LogP contribution in [0.25, 0.3) is 5.69 Å². The summed E-state index contributed by atoms with van der Waals surface area (Å²) in [6.07, 6.45) is 2.11. The smallest absolute Gasteiger partial charge is 0.230 e. The Morgan fingerprint density at radius 1 is 1.35 bits per heavy atom. The molecule has 1 aromatic heterocycles. The van der Waals surface area contributed by atoms with Crippen LogP contribution in [0.3, 0.4) is 0 Å². The Kier molecular flexibility index (Phi) is 6.26. The average Bonchev–Trinajstić information content (AvgIpc) is 3.11. The highest BCUT2D eigenvalue weighted by Crippen LogP contribution is 2.21. The Hall–Kier alpha value is -1.93. The number of nitrogens with zero attached hydrogens (tertiary/aromatic N) is 4. The maximum absolute atomic E-state index is 12.3. The third kappa shape index (κ3) is 4.62. The number of benzene rings is 1. The lowest BCUT2D eigenvalue weighted by Gasteiger charge is -2.28. The Bertz CT molecular complexity index is 754. The first-order valence-corrected chi connectivity index (χ1v) is 10.2. The molecule has 1 aliphatic heterocycles. The van der Waals surface area contributed by atoms with E-state index in [9.17, 15) is 4.79 Å². The van der Waals surface area contributed by atoms with Gasteiger partial charge in [-0.15, -0.1) is 5.10 Å². The molecule has 0 unspecified atom stereocenters. The number of hydrogen-bond donors (Lipinski definition) is 2. The Morgan fingerprint density at radius 3 is 2.85 bits per heavy atom. The van der Waals surface area contributed by atoms with Crippen LogP contribution in [-0.4, -0.2) is 57.5 Å². The number of aromatic nitrogens is 4.